The third-order valence-electron chi connectivity index (χ3n) is 6.75. The quantitative estimate of drug-likeness (QED) is 0.437. The Bertz CT molecular complexity index is 1230. The molecule has 4 N–H and O–H groups in total. The van der Waals surface area contributed by atoms with Gasteiger partial charge in [0.05, 0.1) is 23.4 Å². The molecule has 1 aromatic heterocycles. The summed E-state index contributed by atoms with van der Waals surface area (Å²) in [5.74, 6) is 0.225. The first-order valence-electron chi connectivity index (χ1n) is 12.4. The van der Waals surface area contributed by atoms with Crippen molar-refractivity contribution >= 4 is 28.8 Å². The molecule has 1 saturated carbocycles. The number of carbonyl (C=O) groups is 3. The summed E-state index contributed by atoms with van der Waals surface area (Å²) in [7, 11) is 0. The molecular formula is C28H32N4O4. The second-order valence-corrected chi connectivity index (χ2v) is 9.21. The number of carbonyl (C=O) groups excluding carboxylic acids is 3. The fourth-order valence-electron chi connectivity index (χ4n) is 4.70. The van der Waals surface area contributed by atoms with Crippen LogP contribution in [-0.2, 0) is 4.74 Å². The third kappa shape index (κ3) is 6.19. The van der Waals surface area contributed by atoms with Gasteiger partial charge in [-0.15, -0.1) is 0 Å². The van der Waals surface area contributed by atoms with Crippen LogP contribution in [0, 0.1) is 11.8 Å². The van der Waals surface area contributed by atoms with E-state index < -0.39 is 5.91 Å². The normalized spacial score (nSPS) is 17.4. The summed E-state index contributed by atoms with van der Waals surface area (Å²) in [5, 5.41) is 6.74. The number of nitrogens with two attached hydrogens (primary N) is 1. The molecule has 0 bridgehead atoms. The van der Waals surface area contributed by atoms with Gasteiger partial charge in [0.15, 0.2) is 0 Å². The number of aromatic nitrogens is 1. The SMILES string of the molecule is CCOC(=O)NC[C@H]1CC[C@H](CNC(=O)c2cc(-c3ccc(C(N)=O)cc3)nc3ccccc23)CC1. The van der Waals surface area contributed by atoms with Crippen molar-refractivity contribution in [2.45, 2.75) is 32.6 Å². The van der Waals surface area contributed by atoms with Gasteiger partial charge in [-0.3, -0.25) is 9.59 Å². The minimum Gasteiger partial charge on any atom is -0.450 e. The highest BCUT2D eigenvalue weighted by Crippen LogP contribution is 2.29. The Morgan fingerprint density at radius 1 is 0.944 bits per heavy atom. The van der Waals surface area contributed by atoms with E-state index in [-0.39, 0.29) is 12.0 Å². The number of pyridine rings is 1. The van der Waals surface area contributed by atoms with Gasteiger partial charge in [0.1, 0.15) is 0 Å². The molecule has 1 aliphatic carbocycles. The molecule has 0 atom stereocenters. The van der Waals surface area contributed by atoms with E-state index in [1.54, 1.807) is 37.3 Å². The van der Waals surface area contributed by atoms with Gasteiger partial charge in [-0.1, -0.05) is 30.3 Å². The molecule has 0 aliphatic heterocycles. The highest BCUT2D eigenvalue weighted by atomic mass is 16.5. The molecule has 1 aliphatic rings. The number of nitrogens with zero attached hydrogens (tertiary/aromatic N) is 1. The van der Waals surface area contributed by atoms with Crippen molar-refractivity contribution in [1.29, 1.82) is 0 Å². The van der Waals surface area contributed by atoms with Crippen LogP contribution >= 0.6 is 0 Å². The lowest BCUT2D eigenvalue weighted by molar-refractivity contribution is 0.0941. The molecule has 1 fully saturated rings. The molecule has 4 rings (SSSR count). The summed E-state index contributed by atoms with van der Waals surface area (Å²) in [6.07, 6.45) is 3.67. The van der Waals surface area contributed by atoms with E-state index in [1.807, 2.05) is 24.3 Å². The van der Waals surface area contributed by atoms with Gasteiger partial charge in [-0.2, -0.15) is 0 Å². The number of alkyl carbamates (subject to hydrolysis) is 1. The number of amides is 3. The van der Waals surface area contributed by atoms with Gasteiger partial charge < -0.3 is 21.1 Å². The van der Waals surface area contributed by atoms with Crippen molar-refractivity contribution in [3.63, 3.8) is 0 Å². The second-order valence-electron chi connectivity index (χ2n) is 9.21. The van der Waals surface area contributed by atoms with Crippen molar-refractivity contribution < 1.29 is 19.1 Å². The second kappa shape index (κ2) is 11.7. The monoisotopic (exact) mass is 488 g/mol. The lowest BCUT2D eigenvalue weighted by atomic mass is 9.82. The molecule has 0 saturated heterocycles. The minimum absolute atomic E-state index is 0.130. The van der Waals surface area contributed by atoms with Crippen molar-refractivity contribution in [2.75, 3.05) is 19.7 Å². The molecule has 188 valence electrons. The standard InChI is InChI=1S/C28H32N4O4/c1-2-36-28(35)31-17-19-9-7-18(8-10-19)16-30-27(34)23-15-25(32-24-6-4-3-5-22(23)24)20-11-13-21(14-12-20)26(29)33/h3-6,11-15,18-19H,2,7-10,16-17H2,1H3,(H2,29,33)(H,30,34)(H,31,35)/t18-,19-. The summed E-state index contributed by atoms with van der Waals surface area (Å²) in [4.78, 5) is 40.9. The zero-order valence-corrected chi connectivity index (χ0v) is 20.5. The number of primary amides is 1. The number of para-hydroxylation sites is 1. The maximum atomic E-state index is 13.3. The van der Waals surface area contributed by atoms with Crippen molar-refractivity contribution in [3.05, 3.63) is 65.7 Å². The molecular weight excluding hydrogens is 456 g/mol. The summed E-state index contributed by atoms with van der Waals surface area (Å²) >= 11 is 0. The number of ether oxygens (including phenoxy) is 1. The highest BCUT2D eigenvalue weighted by Gasteiger charge is 2.23. The van der Waals surface area contributed by atoms with Gasteiger partial charge in [0.2, 0.25) is 5.91 Å². The average Bonchev–Trinajstić information content (AvgIpc) is 2.90. The topological polar surface area (TPSA) is 123 Å². The number of hydrogen-bond acceptors (Lipinski definition) is 5. The third-order valence-corrected chi connectivity index (χ3v) is 6.75. The fourth-order valence-corrected chi connectivity index (χ4v) is 4.70. The number of rotatable bonds is 8. The van der Waals surface area contributed by atoms with E-state index in [0.29, 0.717) is 48.4 Å². The summed E-state index contributed by atoms with van der Waals surface area (Å²) < 4.78 is 4.92. The molecule has 3 aromatic rings. The number of benzene rings is 2. The number of nitrogens with one attached hydrogen (secondary N) is 2. The first kappa shape index (κ1) is 25.2. The van der Waals surface area contributed by atoms with Crippen LogP contribution in [0.25, 0.3) is 22.2 Å². The van der Waals surface area contributed by atoms with Gasteiger partial charge >= 0.3 is 6.09 Å². The molecule has 3 amide bonds. The highest BCUT2D eigenvalue weighted by molar-refractivity contribution is 6.07. The van der Waals surface area contributed by atoms with Crippen LogP contribution in [0.4, 0.5) is 4.79 Å². The van der Waals surface area contributed by atoms with E-state index >= 15 is 0 Å². The molecule has 0 radical (unpaired) electrons. The van der Waals surface area contributed by atoms with E-state index in [2.05, 4.69) is 10.6 Å². The Balaban J connectivity index is 1.41. The van der Waals surface area contributed by atoms with Crippen LogP contribution in [0.1, 0.15) is 53.3 Å². The van der Waals surface area contributed by atoms with E-state index in [1.165, 1.54) is 0 Å². The van der Waals surface area contributed by atoms with Crippen LogP contribution in [0.3, 0.4) is 0 Å². The zero-order valence-electron chi connectivity index (χ0n) is 20.5. The molecule has 8 heteroatoms. The van der Waals surface area contributed by atoms with E-state index in [9.17, 15) is 14.4 Å². The van der Waals surface area contributed by atoms with Gasteiger partial charge in [-0.25, -0.2) is 9.78 Å². The zero-order chi connectivity index (χ0) is 25.5. The molecule has 0 unspecified atom stereocenters. The predicted molar refractivity (Wildman–Crippen MR) is 139 cm³/mol. The average molecular weight is 489 g/mol. The van der Waals surface area contributed by atoms with Crippen LogP contribution < -0.4 is 16.4 Å². The smallest absolute Gasteiger partial charge is 0.407 e. The van der Waals surface area contributed by atoms with Crippen molar-refractivity contribution in [1.82, 2.24) is 15.6 Å². The van der Waals surface area contributed by atoms with Crippen LogP contribution in [0.2, 0.25) is 0 Å². The first-order chi connectivity index (χ1) is 17.4. The lowest BCUT2D eigenvalue weighted by Gasteiger charge is -2.28. The Morgan fingerprint density at radius 3 is 2.22 bits per heavy atom. The molecule has 2 aromatic carbocycles. The Labute approximate surface area is 210 Å². The molecule has 36 heavy (non-hydrogen) atoms. The van der Waals surface area contributed by atoms with Gasteiger partial charge in [0, 0.05) is 29.6 Å². The Morgan fingerprint density at radius 2 is 1.58 bits per heavy atom. The maximum Gasteiger partial charge on any atom is 0.407 e. The van der Waals surface area contributed by atoms with Gasteiger partial charge in [-0.05, 0) is 68.7 Å². The summed E-state index contributed by atoms with van der Waals surface area (Å²) in [6, 6.07) is 16.3. The molecule has 8 nitrogen and oxygen atoms in total. The summed E-state index contributed by atoms with van der Waals surface area (Å²) in [5.41, 5.74) is 8.53. The first-order valence-corrected chi connectivity index (χ1v) is 12.4. The van der Waals surface area contributed by atoms with E-state index in [4.69, 9.17) is 15.5 Å². The summed E-state index contributed by atoms with van der Waals surface area (Å²) in [6.45, 7) is 3.39. The minimum atomic E-state index is -0.489. The van der Waals surface area contributed by atoms with Gasteiger partial charge in [0.25, 0.3) is 5.91 Å². The van der Waals surface area contributed by atoms with Crippen molar-refractivity contribution in [3.8, 4) is 11.3 Å². The van der Waals surface area contributed by atoms with Crippen LogP contribution in [-0.4, -0.2) is 42.6 Å². The lowest BCUT2D eigenvalue weighted by Crippen LogP contribution is -2.34. The Kier molecular flexibility index (Phi) is 8.15. The predicted octanol–water partition coefficient (Wildman–Crippen LogP) is 4.28. The molecule has 1 heterocycles. The largest absolute Gasteiger partial charge is 0.450 e. The number of hydrogen-bond donors (Lipinski definition) is 3. The van der Waals surface area contributed by atoms with Crippen LogP contribution in [0.15, 0.2) is 54.6 Å². The molecule has 0 spiro atoms. The van der Waals surface area contributed by atoms with E-state index in [0.717, 1.165) is 42.1 Å². The van der Waals surface area contributed by atoms with Crippen LogP contribution in [0.5, 0.6) is 0 Å². The van der Waals surface area contributed by atoms with Crippen molar-refractivity contribution in [2.24, 2.45) is 17.6 Å². The maximum absolute atomic E-state index is 13.3. The fraction of sp³-hybridized carbons (Fsp3) is 0.357. The Hall–Kier alpha value is -3.94. The number of fused-ring (bicyclic) bond motifs is 1.